The van der Waals surface area contributed by atoms with Gasteiger partial charge in [0.2, 0.25) is 0 Å². The molecule has 0 aromatic heterocycles. The molecule has 3 radical (unpaired) electrons. The van der Waals surface area contributed by atoms with E-state index in [1.165, 1.54) is 16.7 Å². The topological polar surface area (TPSA) is 36.9 Å². The van der Waals surface area contributed by atoms with Crippen molar-refractivity contribution in [3.63, 3.8) is 0 Å². The van der Waals surface area contributed by atoms with Crippen LogP contribution in [0.15, 0.2) is 0 Å². The van der Waals surface area contributed by atoms with Gasteiger partial charge < -0.3 is 18.3 Å². The van der Waals surface area contributed by atoms with Crippen molar-refractivity contribution in [3.8, 4) is 5.75 Å². The largest absolute Gasteiger partial charge is 0.540 e. The second kappa shape index (κ2) is 9.30. The van der Waals surface area contributed by atoms with Gasteiger partial charge in [0, 0.05) is 44.3 Å². The summed E-state index contributed by atoms with van der Waals surface area (Å²) in [6.07, 6.45) is 1.62. The van der Waals surface area contributed by atoms with Crippen LogP contribution in [0.5, 0.6) is 5.75 Å². The lowest BCUT2D eigenvalue weighted by Crippen LogP contribution is -2.41. The molecule has 1 fully saturated rings. The molecule has 0 amide bonds. The third-order valence-corrected chi connectivity index (χ3v) is 12.2. The molecule has 0 saturated carbocycles. The highest BCUT2D eigenvalue weighted by Gasteiger charge is 2.42. The SMILES string of the molecule is COC1(c2c(C)c(C)c(C(C)(C)C)c(CO[Si](C)(C)C(C)(C)C)c2O[Si])CCOCC1. The lowest BCUT2D eigenvalue weighted by molar-refractivity contribution is -0.0958. The molecule has 2 rings (SSSR count). The Hall–Kier alpha value is -0.666. The summed E-state index contributed by atoms with van der Waals surface area (Å²) in [7, 11) is 3.29. The summed E-state index contributed by atoms with van der Waals surface area (Å²) in [6.45, 7) is 24.6. The van der Waals surface area contributed by atoms with Crippen LogP contribution in [-0.2, 0) is 31.5 Å². The van der Waals surface area contributed by atoms with Crippen LogP contribution in [0.4, 0.5) is 0 Å². The highest BCUT2D eigenvalue weighted by Crippen LogP contribution is 2.49. The molecule has 0 bridgehead atoms. The van der Waals surface area contributed by atoms with E-state index in [9.17, 15) is 0 Å². The van der Waals surface area contributed by atoms with E-state index in [0.717, 1.165) is 29.7 Å². The van der Waals surface area contributed by atoms with Gasteiger partial charge in [-0.3, -0.25) is 0 Å². The maximum Gasteiger partial charge on any atom is 0.341 e. The van der Waals surface area contributed by atoms with Gasteiger partial charge in [-0.25, -0.2) is 0 Å². The molecule has 0 unspecified atom stereocenters. The molecule has 31 heavy (non-hydrogen) atoms. The Morgan fingerprint density at radius 2 is 1.55 bits per heavy atom. The quantitative estimate of drug-likeness (QED) is 0.468. The van der Waals surface area contributed by atoms with Crippen molar-refractivity contribution in [1.82, 2.24) is 0 Å². The maximum absolute atomic E-state index is 6.73. The predicted octanol–water partition coefficient (Wildman–Crippen LogP) is 6.24. The molecule has 175 valence electrons. The summed E-state index contributed by atoms with van der Waals surface area (Å²) in [4.78, 5) is 0. The third-order valence-electron chi connectivity index (χ3n) is 7.50. The molecule has 1 saturated heterocycles. The number of hydrogen-bond donors (Lipinski definition) is 0. The Morgan fingerprint density at radius 3 is 1.97 bits per heavy atom. The highest BCUT2D eigenvalue weighted by molar-refractivity contribution is 6.74. The molecule has 0 spiro atoms. The molecule has 6 heteroatoms. The third kappa shape index (κ3) is 5.13. The zero-order valence-corrected chi connectivity index (χ0v) is 23.7. The van der Waals surface area contributed by atoms with Crippen LogP contribution in [0, 0.1) is 13.8 Å². The van der Waals surface area contributed by atoms with Gasteiger partial charge in [-0.15, -0.1) is 0 Å². The van der Waals surface area contributed by atoms with Crippen molar-refractivity contribution in [2.24, 2.45) is 0 Å². The van der Waals surface area contributed by atoms with Gasteiger partial charge in [-0.05, 0) is 54.1 Å². The summed E-state index contributed by atoms with van der Waals surface area (Å²) >= 11 is 0. The van der Waals surface area contributed by atoms with E-state index >= 15 is 0 Å². The van der Waals surface area contributed by atoms with Gasteiger partial charge in [0.05, 0.1) is 6.61 Å². The van der Waals surface area contributed by atoms with Crippen LogP contribution in [0.25, 0.3) is 0 Å². The van der Waals surface area contributed by atoms with E-state index in [-0.39, 0.29) is 10.5 Å². The first-order valence-electron chi connectivity index (χ1n) is 11.4. The first kappa shape index (κ1) is 26.6. The van der Waals surface area contributed by atoms with Crippen molar-refractivity contribution in [2.75, 3.05) is 20.3 Å². The Morgan fingerprint density at radius 1 is 1.00 bits per heavy atom. The van der Waals surface area contributed by atoms with E-state index in [1.54, 1.807) is 7.11 Å². The summed E-state index contributed by atoms with van der Waals surface area (Å²) in [6, 6.07) is 0. The average Bonchev–Trinajstić information content (AvgIpc) is 2.66. The average molecular weight is 464 g/mol. The minimum Gasteiger partial charge on any atom is -0.540 e. The van der Waals surface area contributed by atoms with E-state index in [2.05, 4.69) is 79.0 Å². The molecule has 0 N–H and O–H groups in total. The number of rotatable bonds is 6. The van der Waals surface area contributed by atoms with Crippen molar-refractivity contribution < 1.29 is 18.3 Å². The summed E-state index contributed by atoms with van der Waals surface area (Å²) in [5.41, 5.74) is 5.64. The van der Waals surface area contributed by atoms with Crippen molar-refractivity contribution in [1.29, 1.82) is 0 Å². The molecule has 1 aromatic rings. The normalized spacial score (nSPS) is 17.7. The molecule has 1 aliphatic rings. The standard InChI is InChI=1S/C25H43O4Si2/c1-17-18(2)21(25(26-9)12-14-27-15-13-25)22(29-30)19(20(17)23(3,4)5)16-28-31(10,11)24(6,7)8/h12-16H2,1-11H3. The molecule has 1 heterocycles. The van der Waals surface area contributed by atoms with E-state index in [0.29, 0.717) is 19.8 Å². The zero-order chi connectivity index (χ0) is 23.8. The molecule has 0 aliphatic carbocycles. The van der Waals surface area contributed by atoms with Crippen molar-refractivity contribution in [3.05, 3.63) is 27.8 Å². The number of ether oxygens (including phenoxy) is 2. The van der Waals surface area contributed by atoms with Gasteiger partial charge in [0.25, 0.3) is 0 Å². The first-order chi connectivity index (χ1) is 14.1. The molecular formula is C25H43O4Si2. The van der Waals surface area contributed by atoms with Gasteiger partial charge in [-0.2, -0.15) is 0 Å². The minimum atomic E-state index is -1.94. The fourth-order valence-corrected chi connectivity index (χ4v) is 5.74. The lowest BCUT2D eigenvalue weighted by atomic mass is 9.74. The first-order valence-corrected chi connectivity index (χ1v) is 14.7. The maximum atomic E-state index is 6.73. The van der Waals surface area contributed by atoms with Crippen LogP contribution in [-0.4, -0.2) is 39.1 Å². The summed E-state index contributed by atoms with van der Waals surface area (Å²) in [5.74, 6) is 0.854. The van der Waals surface area contributed by atoms with Crippen molar-refractivity contribution in [2.45, 2.75) is 104 Å². The summed E-state index contributed by atoms with van der Waals surface area (Å²) in [5, 5.41) is 0.140. The minimum absolute atomic E-state index is 0.0467. The number of benzene rings is 1. The van der Waals surface area contributed by atoms with Gasteiger partial charge in [0.15, 0.2) is 8.32 Å². The number of hydrogen-bond acceptors (Lipinski definition) is 4. The number of methoxy groups -OCH3 is 1. The Bertz CT molecular complexity index is 782. The van der Waals surface area contributed by atoms with Crippen LogP contribution in [0.3, 0.4) is 0 Å². The van der Waals surface area contributed by atoms with Crippen LogP contribution in [0.1, 0.15) is 82.2 Å². The fourth-order valence-electron chi connectivity index (χ4n) is 4.58. The molecule has 4 nitrogen and oxygen atoms in total. The van der Waals surface area contributed by atoms with Crippen LogP contribution in [0.2, 0.25) is 18.1 Å². The van der Waals surface area contributed by atoms with Gasteiger partial charge in [-0.1, -0.05) is 41.5 Å². The monoisotopic (exact) mass is 463 g/mol. The molecule has 1 aliphatic heterocycles. The Labute approximate surface area is 195 Å². The Balaban J connectivity index is 2.78. The second-order valence-corrected chi connectivity index (χ2v) is 16.5. The van der Waals surface area contributed by atoms with Gasteiger partial charge in [0.1, 0.15) is 11.4 Å². The van der Waals surface area contributed by atoms with E-state index < -0.39 is 13.9 Å². The predicted molar refractivity (Wildman–Crippen MR) is 132 cm³/mol. The van der Waals surface area contributed by atoms with Crippen LogP contribution >= 0.6 is 0 Å². The summed E-state index contributed by atoms with van der Waals surface area (Å²) < 4.78 is 24.6. The fraction of sp³-hybridized carbons (Fsp3) is 0.760. The van der Waals surface area contributed by atoms with Gasteiger partial charge >= 0.3 is 10.5 Å². The van der Waals surface area contributed by atoms with Crippen LogP contribution < -0.4 is 4.43 Å². The Kier molecular flexibility index (Phi) is 7.97. The highest BCUT2D eigenvalue weighted by atomic mass is 28.4. The van der Waals surface area contributed by atoms with Crippen molar-refractivity contribution >= 4 is 18.8 Å². The van der Waals surface area contributed by atoms with E-state index in [4.69, 9.17) is 18.3 Å². The molecule has 1 aromatic carbocycles. The molecule has 0 atom stereocenters. The lowest BCUT2D eigenvalue weighted by Gasteiger charge is -2.41. The van der Waals surface area contributed by atoms with E-state index in [1.807, 2.05) is 0 Å². The zero-order valence-electron chi connectivity index (χ0n) is 21.7. The smallest absolute Gasteiger partial charge is 0.341 e. The molecular weight excluding hydrogens is 420 g/mol. The second-order valence-electron chi connectivity index (χ2n) is 11.5.